The second kappa shape index (κ2) is 7.32. The van der Waals surface area contributed by atoms with Crippen molar-refractivity contribution in [2.75, 3.05) is 0 Å². The van der Waals surface area contributed by atoms with Gasteiger partial charge in [-0.25, -0.2) is 0 Å². The summed E-state index contributed by atoms with van der Waals surface area (Å²) in [6.07, 6.45) is 6.20. The second-order valence-corrected chi connectivity index (χ2v) is 6.01. The Labute approximate surface area is 129 Å². The summed E-state index contributed by atoms with van der Waals surface area (Å²) in [6.45, 7) is 0.370. The minimum atomic E-state index is 0.370. The van der Waals surface area contributed by atoms with Gasteiger partial charge < -0.3 is 10.1 Å². The van der Waals surface area contributed by atoms with Gasteiger partial charge in [-0.15, -0.1) is 0 Å². The fourth-order valence-corrected chi connectivity index (χ4v) is 2.93. The zero-order chi connectivity index (χ0) is 13.7. The number of rotatable bonds is 3. The standard InChI is InChI=1S/C14H17Cl2NOS/c15-11-7-6-10(13(16)8-11)9-18-14(19)17-12-4-2-1-3-5-12/h6-8,12H,1-5,9H2,(H,17,19). The zero-order valence-electron chi connectivity index (χ0n) is 10.6. The Kier molecular flexibility index (Phi) is 5.74. The highest BCUT2D eigenvalue weighted by Crippen LogP contribution is 2.22. The fourth-order valence-electron chi connectivity index (χ4n) is 2.24. The Balaban J connectivity index is 1.79. The van der Waals surface area contributed by atoms with Crippen molar-refractivity contribution in [2.24, 2.45) is 0 Å². The van der Waals surface area contributed by atoms with Crippen molar-refractivity contribution in [3.05, 3.63) is 33.8 Å². The molecule has 19 heavy (non-hydrogen) atoms. The molecule has 0 radical (unpaired) electrons. The molecule has 0 aliphatic heterocycles. The number of hydrogen-bond donors (Lipinski definition) is 1. The summed E-state index contributed by atoms with van der Waals surface area (Å²) in [5.41, 5.74) is 0.888. The van der Waals surface area contributed by atoms with E-state index in [1.807, 2.05) is 6.07 Å². The minimum absolute atomic E-state index is 0.370. The summed E-state index contributed by atoms with van der Waals surface area (Å²) in [5, 5.41) is 4.94. The maximum Gasteiger partial charge on any atom is 0.257 e. The maximum absolute atomic E-state index is 6.08. The maximum atomic E-state index is 6.08. The molecule has 1 aliphatic rings. The van der Waals surface area contributed by atoms with E-state index < -0.39 is 0 Å². The van der Waals surface area contributed by atoms with Crippen LogP contribution in [0.25, 0.3) is 0 Å². The molecule has 0 saturated heterocycles. The molecular weight excluding hydrogens is 301 g/mol. The van der Waals surface area contributed by atoms with E-state index in [-0.39, 0.29) is 0 Å². The third-order valence-corrected chi connectivity index (χ3v) is 4.12. The van der Waals surface area contributed by atoms with Crippen LogP contribution in [0.2, 0.25) is 10.0 Å². The van der Waals surface area contributed by atoms with E-state index >= 15 is 0 Å². The van der Waals surface area contributed by atoms with Crippen molar-refractivity contribution in [2.45, 2.75) is 44.8 Å². The number of halogens is 2. The summed E-state index contributed by atoms with van der Waals surface area (Å²) >= 11 is 17.1. The molecule has 0 spiro atoms. The van der Waals surface area contributed by atoms with Crippen molar-refractivity contribution >= 4 is 40.6 Å². The van der Waals surface area contributed by atoms with Crippen molar-refractivity contribution < 1.29 is 4.74 Å². The molecule has 2 rings (SSSR count). The van der Waals surface area contributed by atoms with Crippen LogP contribution < -0.4 is 5.32 Å². The molecule has 1 fully saturated rings. The number of hydrogen-bond acceptors (Lipinski definition) is 2. The highest BCUT2D eigenvalue weighted by atomic mass is 35.5. The average molecular weight is 318 g/mol. The SMILES string of the molecule is S=C(NC1CCCCC1)OCc1ccc(Cl)cc1Cl. The Bertz CT molecular complexity index is 447. The molecule has 0 unspecified atom stereocenters. The van der Waals surface area contributed by atoms with Gasteiger partial charge in [0.15, 0.2) is 0 Å². The highest BCUT2D eigenvalue weighted by molar-refractivity contribution is 7.80. The van der Waals surface area contributed by atoms with Gasteiger partial charge in [-0.2, -0.15) is 0 Å². The third-order valence-electron chi connectivity index (χ3n) is 3.30. The quantitative estimate of drug-likeness (QED) is 0.815. The van der Waals surface area contributed by atoms with E-state index in [2.05, 4.69) is 5.32 Å². The first kappa shape index (κ1) is 14.9. The molecule has 5 heteroatoms. The van der Waals surface area contributed by atoms with Gasteiger partial charge in [-0.05, 0) is 37.2 Å². The first-order chi connectivity index (χ1) is 9.15. The molecule has 2 nitrogen and oxygen atoms in total. The lowest BCUT2D eigenvalue weighted by Crippen LogP contribution is -2.36. The summed E-state index contributed by atoms with van der Waals surface area (Å²) in [5.74, 6) is 0. The van der Waals surface area contributed by atoms with Crippen molar-refractivity contribution in [1.29, 1.82) is 0 Å². The smallest absolute Gasteiger partial charge is 0.257 e. The zero-order valence-corrected chi connectivity index (χ0v) is 13.0. The Morgan fingerprint density at radius 2 is 2.00 bits per heavy atom. The number of ether oxygens (including phenoxy) is 1. The lowest BCUT2D eigenvalue weighted by molar-refractivity contribution is 0.273. The van der Waals surface area contributed by atoms with Crippen LogP contribution in [0.4, 0.5) is 0 Å². The third kappa shape index (κ3) is 4.83. The van der Waals surface area contributed by atoms with Crippen LogP contribution in [-0.2, 0) is 11.3 Å². The molecule has 0 bridgehead atoms. The number of nitrogens with one attached hydrogen (secondary N) is 1. The Morgan fingerprint density at radius 1 is 1.26 bits per heavy atom. The summed E-state index contributed by atoms with van der Waals surface area (Å²) in [6, 6.07) is 5.82. The van der Waals surface area contributed by atoms with Crippen LogP contribution >= 0.6 is 35.4 Å². The highest BCUT2D eigenvalue weighted by Gasteiger charge is 2.14. The molecule has 1 saturated carbocycles. The molecule has 0 amide bonds. The summed E-state index contributed by atoms with van der Waals surface area (Å²) in [7, 11) is 0. The summed E-state index contributed by atoms with van der Waals surface area (Å²) in [4.78, 5) is 0. The van der Waals surface area contributed by atoms with Gasteiger partial charge in [0, 0.05) is 21.7 Å². The molecule has 1 aromatic carbocycles. The van der Waals surface area contributed by atoms with Crippen LogP contribution in [0.3, 0.4) is 0 Å². The van der Waals surface area contributed by atoms with Gasteiger partial charge >= 0.3 is 0 Å². The van der Waals surface area contributed by atoms with Crippen LogP contribution in [0, 0.1) is 0 Å². The van der Waals surface area contributed by atoms with Crippen molar-refractivity contribution in [3.8, 4) is 0 Å². The van der Waals surface area contributed by atoms with E-state index in [1.165, 1.54) is 32.1 Å². The molecule has 0 atom stereocenters. The molecule has 1 aromatic rings. The Morgan fingerprint density at radius 3 is 2.68 bits per heavy atom. The van der Waals surface area contributed by atoms with Gasteiger partial charge in [-0.3, -0.25) is 0 Å². The predicted molar refractivity (Wildman–Crippen MR) is 83.9 cm³/mol. The lowest BCUT2D eigenvalue weighted by atomic mass is 9.96. The van der Waals surface area contributed by atoms with Gasteiger partial charge in [0.1, 0.15) is 6.61 Å². The first-order valence-corrected chi connectivity index (χ1v) is 7.69. The minimum Gasteiger partial charge on any atom is -0.466 e. The predicted octanol–water partition coefficient (Wildman–Crippen LogP) is 4.72. The van der Waals surface area contributed by atoms with Gasteiger partial charge in [0.05, 0.1) is 0 Å². The van der Waals surface area contributed by atoms with E-state index in [4.69, 9.17) is 40.2 Å². The second-order valence-electron chi connectivity index (χ2n) is 4.79. The summed E-state index contributed by atoms with van der Waals surface area (Å²) < 4.78 is 5.54. The van der Waals surface area contributed by atoms with Crippen LogP contribution in [0.15, 0.2) is 18.2 Å². The largest absolute Gasteiger partial charge is 0.466 e. The van der Waals surface area contributed by atoms with Gasteiger partial charge in [0.2, 0.25) is 0 Å². The molecule has 104 valence electrons. The molecule has 0 heterocycles. The monoisotopic (exact) mass is 317 g/mol. The average Bonchev–Trinajstić information content (AvgIpc) is 2.39. The van der Waals surface area contributed by atoms with E-state index in [0.29, 0.717) is 27.9 Å². The van der Waals surface area contributed by atoms with E-state index in [1.54, 1.807) is 12.1 Å². The number of benzene rings is 1. The first-order valence-electron chi connectivity index (χ1n) is 6.52. The molecule has 0 aromatic heterocycles. The normalized spacial score (nSPS) is 16.1. The molecule has 1 N–H and O–H groups in total. The van der Waals surface area contributed by atoms with E-state index in [0.717, 1.165) is 5.56 Å². The van der Waals surface area contributed by atoms with Gasteiger partial charge in [-0.1, -0.05) is 48.5 Å². The molecular formula is C14H17Cl2NOS. The lowest BCUT2D eigenvalue weighted by Gasteiger charge is -2.23. The van der Waals surface area contributed by atoms with Gasteiger partial charge in [0.25, 0.3) is 5.17 Å². The fraction of sp³-hybridized carbons (Fsp3) is 0.500. The van der Waals surface area contributed by atoms with Crippen LogP contribution in [0.1, 0.15) is 37.7 Å². The molecule has 1 aliphatic carbocycles. The topological polar surface area (TPSA) is 21.3 Å². The van der Waals surface area contributed by atoms with Crippen molar-refractivity contribution in [3.63, 3.8) is 0 Å². The van der Waals surface area contributed by atoms with Crippen molar-refractivity contribution in [1.82, 2.24) is 5.32 Å². The number of thiocarbonyl (C=S) groups is 1. The van der Waals surface area contributed by atoms with E-state index in [9.17, 15) is 0 Å². The van der Waals surface area contributed by atoms with Crippen LogP contribution in [-0.4, -0.2) is 11.2 Å². The van der Waals surface area contributed by atoms with Crippen LogP contribution in [0.5, 0.6) is 0 Å². The Hall–Kier alpha value is -0.510.